The molecule has 0 atom stereocenters. The molecule has 9 heteroatoms. The monoisotopic (exact) mass is 483 g/mol. The number of benzene rings is 1. The molecule has 1 aromatic rings. The van der Waals surface area contributed by atoms with Gasteiger partial charge in [0.15, 0.2) is 5.82 Å². The number of rotatable bonds is 9. The molecule has 2 aliphatic rings. The van der Waals surface area contributed by atoms with Gasteiger partial charge < -0.3 is 21.6 Å². The number of hydrogen-bond acceptors (Lipinski definition) is 5. The number of hydrogen-bond donors (Lipinski definition) is 1. The quantitative estimate of drug-likeness (QED) is 0.581. The Hall–Kier alpha value is -2.07. The van der Waals surface area contributed by atoms with Gasteiger partial charge in [0.2, 0.25) is 0 Å². The molecule has 1 aliphatic heterocycles. The van der Waals surface area contributed by atoms with E-state index in [1.54, 1.807) is 6.07 Å². The second-order valence-corrected chi connectivity index (χ2v) is 8.89. The summed E-state index contributed by atoms with van der Waals surface area (Å²) in [4.78, 5) is 11.7. The van der Waals surface area contributed by atoms with Crippen molar-refractivity contribution in [1.82, 2.24) is 9.80 Å². The highest BCUT2D eigenvalue weighted by Crippen LogP contribution is 2.26. The van der Waals surface area contributed by atoms with Gasteiger partial charge in [0.05, 0.1) is 12.2 Å². The number of piperazine rings is 1. The van der Waals surface area contributed by atoms with E-state index in [2.05, 4.69) is 23.6 Å². The van der Waals surface area contributed by atoms with Gasteiger partial charge in [0.1, 0.15) is 5.82 Å². The van der Waals surface area contributed by atoms with Gasteiger partial charge in [-0.3, -0.25) is 14.8 Å². The summed E-state index contributed by atoms with van der Waals surface area (Å²) >= 11 is 0. The lowest BCUT2D eigenvalue weighted by atomic mass is 10.1. The second kappa shape index (κ2) is 14.4. The maximum Gasteiger partial charge on any atom is 0.152 e. The lowest BCUT2D eigenvalue weighted by Crippen LogP contribution is -2.47. The largest absolute Gasteiger partial charge is 0.412 e. The second-order valence-electron chi connectivity index (χ2n) is 8.89. The van der Waals surface area contributed by atoms with Crippen LogP contribution in [-0.4, -0.2) is 85.4 Å². The van der Waals surface area contributed by atoms with Gasteiger partial charge in [-0.2, -0.15) is 0 Å². The van der Waals surface area contributed by atoms with Crippen molar-refractivity contribution in [2.45, 2.75) is 46.5 Å². The fourth-order valence-electron chi connectivity index (χ4n) is 4.68. The molecule has 0 aromatic heterocycles. The zero-order valence-electron chi connectivity index (χ0n) is 21.0. The first-order valence-corrected chi connectivity index (χ1v) is 12.1. The van der Waals surface area contributed by atoms with Crippen LogP contribution in [0.1, 0.15) is 45.1 Å². The van der Waals surface area contributed by atoms with E-state index in [0.29, 0.717) is 5.69 Å². The molecule has 1 aliphatic carbocycles. The summed E-state index contributed by atoms with van der Waals surface area (Å²) in [5.41, 5.74) is 10.5. The van der Waals surface area contributed by atoms with E-state index in [0.717, 1.165) is 90.3 Å². The van der Waals surface area contributed by atoms with Crippen LogP contribution in [0, 0.1) is 18.6 Å². The first-order chi connectivity index (χ1) is 15.4. The number of allylic oxidation sites excluding steroid dienone is 1. The molecular weight excluding hydrogens is 440 g/mol. The van der Waals surface area contributed by atoms with Crippen LogP contribution < -0.4 is 10.6 Å². The number of nitrogens with two attached hydrogens (primary N) is 1. The van der Waals surface area contributed by atoms with Crippen LogP contribution >= 0.6 is 0 Å². The van der Waals surface area contributed by atoms with Gasteiger partial charge in [0.25, 0.3) is 0 Å². The summed E-state index contributed by atoms with van der Waals surface area (Å²) in [5.74, 6) is -0.929. The maximum absolute atomic E-state index is 14.4. The Morgan fingerprint density at radius 3 is 2.44 bits per heavy atom. The summed E-state index contributed by atoms with van der Waals surface area (Å²) < 4.78 is 28.0. The van der Waals surface area contributed by atoms with E-state index >= 15 is 0 Å². The van der Waals surface area contributed by atoms with Crippen LogP contribution in [0.5, 0.6) is 0 Å². The topological polar surface area (TPSA) is 111 Å². The van der Waals surface area contributed by atoms with Gasteiger partial charge in [-0.1, -0.05) is 13.8 Å². The van der Waals surface area contributed by atoms with Crippen LogP contribution in [0.25, 0.3) is 0 Å². The molecule has 1 heterocycles. The summed E-state index contributed by atoms with van der Waals surface area (Å²) in [6.07, 6.45) is 4.33. The third-order valence-corrected chi connectivity index (χ3v) is 6.69. The molecule has 1 saturated heterocycles. The van der Waals surface area contributed by atoms with Crippen molar-refractivity contribution in [1.29, 1.82) is 0 Å². The number of aliphatic imine (C=N–C) groups is 1. The minimum absolute atomic E-state index is 0. The molecule has 34 heavy (non-hydrogen) atoms. The average Bonchev–Trinajstić information content (AvgIpc) is 3.26. The lowest BCUT2D eigenvalue weighted by Gasteiger charge is -2.36. The molecule has 7 nitrogen and oxygen atoms in total. The van der Waals surface area contributed by atoms with Gasteiger partial charge in [-0.25, -0.2) is 8.78 Å². The number of likely N-dealkylation sites (N-methyl/N-ethyl adjacent to an activating group) is 1. The van der Waals surface area contributed by atoms with Crippen molar-refractivity contribution in [2.75, 3.05) is 63.8 Å². The number of halogens is 2. The minimum atomic E-state index is -0.488. The lowest BCUT2D eigenvalue weighted by molar-refractivity contribution is 0.264. The van der Waals surface area contributed by atoms with Gasteiger partial charge in [-0.05, 0) is 63.4 Å². The Kier molecular flexibility index (Phi) is 12.7. The Morgan fingerprint density at radius 2 is 1.79 bits per heavy atom. The Bertz CT molecular complexity index is 839. The van der Waals surface area contributed by atoms with Crippen molar-refractivity contribution in [3.8, 4) is 0 Å². The van der Waals surface area contributed by atoms with Crippen molar-refractivity contribution < 1.29 is 19.7 Å². The summed E-state index contributed by atoms with van der Waals surface area (Å²) in [6.45, 7) is 13.6. The van der Waals surface area contributed by atoms with Crippen LogP contribution in [0.2, 0.25) is 0 Å². The van der Waals surface area contributed by atoms with Crippen LogP contribution in [0.3, 0.4) is 0 Å². The minimum Gasteiger partial charge on any atom is -0.412 e. The number of anilines is 1. The van der Waals surface area contributed by atoms with Gasteiger partial charge in [0, 0.05) is 56.2 Å². The van der Waals surface area contributed by atoms with Crippen LogP contribution in [0.15, 0.2) is 28.4 Å². The highest BCUT2D eigenvalue weighted by Gasteiger charge is 2.22. The fourth-order valence-corrected chi connectivity index (χ4v) is 4.68. The molecule has 0 spiro atoms. The normalized spacial score (nSPS) is 19.4. The summed E-state index contributed by atoms with van der Waals surface area (Å²) in [6, 6.07) is 2.91. The Labute approximate surface area is 202 Å². The Balaban J connectivity index is 0.00000289. The molecule has 0 unspecified atom stereocenters. The molecule has 0 bridgehead atoms. The Morgan fingerprint density at radius 1 is 1.09 bits per heavy atom. The van der Waals surface area contributed by atoms with Crippen molar-refractivity contribution >= 4 is 11.4 Å². The highest BCUT2D eigenvalue weighted by atomic mass is 19.1. The van der Waals surface area contributed by atoms with E-state index in [1.165, 1.54) is 24.3 Å². The van der Waals surface area contributed by atoms with Crippen molar-refractivity contribution in [2.24, 2.45) is 10.7 Å². The molecule has 1 aromatic carbocycles. The zero-order valence-corrected chi connectivity index (χ0v) is 21.0. The summed E-state index contributed by atoms with van der Waals surface area (Å²) in [5, 5.41) is 0. The number of nitrogens with zero attached hydrogens (tertiary/aromatic N) is 4. The van der Waals surface area contributed by atoms with E-state index in [9.17, 15) is 8.78 Å². The molecule has 6 N–H and O–H groups in total. The summed E-state index contributed by atoms with van der Waals surface area (Å²) in [7, 11) is 0. The molecule has 3 rings (SSSR count). The molecule has 0 radical (unpaired) electrons. The molecule has 0 amide bonds. The first kappa shape index (κ1) is 30.0. The van der Waals surface area contributed by atoms with Crippen molar-refractivity contribution in [3.63, 3.8) is 0 Å². The third-order valence-electron chi connectivity index (χ3n) is 6.69. The third kappa shape index (κ3) is 7.46. The van der Waals surface area contributed by atoms with Crippen LogP contribution in [-0.2, 0) is 0 Å². The zero-order chi connectivity index (χ0) is 23.1. The first-order valence-electron chi connectivity index (χ1n) is 12.1. The van der Waals surface area contributed by atoms with Crippen LogP contribution in [0.4, 0.5) is 14.5 Å². The van der Waals surface area contributed by atoms with E-state index in [4.69, 9.17) is 10.7 Å². The highest BCUT2D eigenvalue weighted by molar-refractivity contribution is 6.02. The maximum atomic E-state index is 14.4. The average molecular weight is 484 g/mol. The van der Waals surface area contributed by atoms with E-state index in [-0.39, 0.29) is 16.5 Å². The SMILES string of the molecule is CCCN(CC)C/C(N)=C1\CCCC1=NCCN1CCN(c2ccc(F)c(C)c2F)CC1.O.O. The molecule has 2 fully saturated rings. The smallest absolute Gasteiger partial charge is 0.152 e. The molecule has 194 valence electrons. The standard InChI is InChI=1S/C25H39F2N5.2H2O/c1-4-12-30(5-2)18-22(28)20-7-6-8-23(20)29-11-13-31-14-16-32(17-15-31)24-10-9-21(26)19(3)25(24)27;;/h9-10H,4-8,11-18,28H2,1-3H3;2*1H2/b22-20-,29-23?;;. The van der Waals surface area contributed by atoms with E-state index in [1.807, 2.05) is 4.90 Å². The molecular formula is C25H43F2N5O2. The van der Waals surface area contributed by atoms with Gasteiger partial charge in [-0.15, -0.1) is 0 Å². The van der Waals surface area contributed by atoms with Gasteiger partial charge >= 0.3 is 0 Å². The van der Waals surface area contributed by atoms with E-state index < -0.39 is 11.6 Å². The fraction of sp³-hybridized carbons (Fsp3) is 0.640. The predicted molar refractivity (Wildman–Crippen MR) is 137 cm³/mol. The predicted octanol–water partition coefficient (Wildman–Crippen LogP) is 2.32. The molecule has 1 saturated carbocycles. The van der Waals surface area contributed by atoms with Crippen molar-refractivity contribution in [3.05, 3.63) is 40.6 Å².